The first-order chi connectivity index (χ1) is 16.2. The predicted octanol–water partition coefficient (Wildman–Crippen LogP) is 4.85. The predicted molar refractivity (Wildman–Crippen MR) is 126 cm³/mol. The summed E-state index contributed by atoms with van der Waals surface area (Å²) in [5.74, 6) is -0.713. The number of esters is 1. The van der Waals surface area contributed by atoms with Gasteiger partial charge in [-0.3, -0.25) is 24.5 Å². The molecule has 0 saturated carbocycles. The smallest absolute Gasteiger partial charge is 0.308 e. The van der Waals surface area contributed by atoms with E-state index in [9.17, 15) is 24.5 Å². The highest BCUT2D eigenvalue weighted by atomic mass is 35.5. The second-order valence-corrected chi connectivity index (χ2v) is 7.96. The standard InChI is InChI=1S/C25H21ClN2O6/c1-16(29)34-22-11-7-18(8-12-22)24(30)15-23(19-3-2-4-20(26)14-19)27-25(31)13-17-5-9-21(10-6-17)28(32)33/h2-12,14,23H,13,15H2,1H3,(H,27,31). The van der Waals surface area contributed by atoms with Crippen molar-refractivity contribution in [2.24, 2.45) is 0 Å². The molecule has 0 aliphatic rings. The number of carbonyl (C=O) groups is 3. The van der Waals surface area contributed by atoms with Crippen molar-refractivity contribution in [1.82, 2.24) is 5.32 Å². The molecule has 9 heteroatoms. The fourth-order valence-corrected chi connectivity index (χ4v) is 3.52. The first kappa shape index (κ1) is 24.6. The Morgan fingerprint density at radius 1 is 1.03 bits per heavy atom. The maximum Gasteiger partial charge on any atom is 0.308 e. The Hall–Kier alpha value is -4.04. The fourth-order valence-electron chi connectivity index (χ4n) is 3.32. The third-order valence-electron chi connectivity index (χ3n) is 4.93. The first-order valence-corrected chi connectivity index (χ1v) is 10.7. The normalized spacial score (nSPS) is 11.4. The van der Waals surface area contributed by atoms with Crippen molar-refractivity contribution >= 4 is 34.9 Å². The minimum atomic E-state index is -0.648. The van der Waals surface area contributed by atoms with Crippen LogP contribution in [-0.4, -0.2) is 22.6 Å². The second-order valence-electron chi connectivity index (χ2n) is 7.52. The number of ketones is 1. The largest absolute Gasteiger partial charge is 0.427 e. The number of hydrogen-bond donors (Lipinski definition) is 1. The molecule has 1 N–H and O–H groups in total. The van der Waals surface area contributed by atoms with E-state index >= 15 is 0 Å². The number of nitro benzene ring substituents is 1. The van der Waals surface area contributed by atoms with Gasteiger partial charge in [-0.25, -0.2) is 0 Å². The summed E-state index contributed by atoms with van der Waals surface area (Å²) in [4.78, 5) is 47.0. The molecule has 0 radical (unpaired) electrons. The quantitative estimate of drug-likeness (QED) is 0.154. The molecular weight excluding hydrogens is 460 g/mol. The van der Waals surface area contributed by atoms with Gasteiger partial charge in [0.05, 0.1) is 17.4 Å². The summed E-state index contributed by atoms with van der Waals surface area (Å²) in [6.07, 6.45) is -0.0421. The van der Waals surface area contributed by atoms with E-state index < -0.39 is 16.9 Å². The van der Waals surface area contributed by atoms with Crippen molar-refractivity contribution in [3.8, 4) is 5.75 Å². The molecular formula is C25H21ClN2O6. The minimum Gasteiger partial charge on any atom is -0.427 e. The molecule has 0 heterocycles. The average molecular weight is 481 g/mol. The molecule has 174 valence electrons. The number of carbonyl (C=O) groups excluding carboxylic acids is 3. The van der Waals surface area contributed by atoms with E-state index in [2.05, 4.69) is 5.32 Å². The Morgan fingerprint density at radius 2 is 1.71 bits per heavy atom. The van der Waals surface area contributed by atoms with E-state index in [0.717, 1.165) is 0 Å². The van der Waals surface area contributed by atoms with Gasteiger partial charge >= 0.3 is 5.97 Å². The lowest BCUT2D eigenvalue weighted by Crippen LogP contribution is -2.31. The van der Waals surface area contributed by atoms with Gasteiger partial charge in [-0.2, -0.15) is 0 Å². The van der Waals surface area contributed by atoms with Gasteiger partial charge in [-0.15, -0.1) is 0 Å². The van der Waals surface area contributed by atoms with Crippen LogP contribution in [0.3, 0.4) is 0 Å². The molecule has 0 fully saturated rings. The number of nitrogens with zero attached hydrogens (tertiary/aromatic N) is 1. The van der Waals surface area contributed by atoms with Gasteiger partial charge in [-0.1, -0.05) is 35.9 Å². The van der Waals surface area contributed by atoms with E-state index in [1.807, 2.05) is 0 Å². The van der Waals surface area contributed by atoms with Crippen LogP contribution in [0.2, 0.25) is 5.02 Å². The summed E-state index contributed by atoms with van der Waals surface area (Å²) >= 11 is 6.11. The number of halogens is 1. The van der Waals surface area contributed by atoms with Gasteiger partial charge in [0.15, 0.2) is 5.78 Å². The minimum absolute atomic E-state index is 0.0136. The second kappa shape index (κ2) is 11.2. The van der Waals surface area contributed by atoms with Crippen LogP contribution in [0.4, 0.5) is 5.69 Å². The van der Waals surface area contributed by atoms with Crippen molar-refractivity contribution in [3.05, 3.63) is 105 Å². The Kier molecular flexibility index (Phi) is 8.10. The number of nitro groups is 1. The van der Waals surface area contributed by atoms with Gasteiger partial charge in [-0.05, 0) is 47.5 Å². The summed E-state index contributed by atoms with van der Waals surface area (Å²) in [6.45, 7) is 1.29. The molecule has 1 amide bonds. The van der Waals surface area contributed by atoms with Crippen molar-refractivity contribution in [1.29, 1.82) is 0 Å². The summed E-state index contributed by atoms with van der Waals surface area (Å²) < 4.78 is 4.98. The van der Waals surface area contributed by atoms with E-state index in [0.29, 0.717) is 27.5 Å². The Balaban J connectivity index is 1.74. The highest BCUT2D eigenvalue weighted by molar-refractivity contribution is 6.30. The van der Waals surface area contributed by atoms with Crippen molar-refractivity contribution in [2.75, 3.05) is 0 Å². The SMILES string of the molecule is CC(=O)Oc1ccc(C(=O)CC(NC(=O)Cc2ccc([N+](=O)[O-])cc2)c2cccc(Cl)c2)cc1. The average Bonchev–Trinajstić information content (AvgIpc) is 2.79. The molecule has 0 bridgehead atoms. The maximum absolute atomic E-state index is 12.9. The molecule has 0 aliphatic carbocycles. The molecule has 1 atom stereocenters. The Labute approximate surface area is 200 Å². The van der Waals surface area contributed by atoms with Gasteiger partial charge in [0, 0.05) is 36.1 Å². The lowest BCUT2D eigenvalue weighted by Gasteiger charge is -2.19. The number of nitrogens with one attached hydrogen (secondary N) is 1. The number of benzene rings is 3. The third-order valence-corrected chi connectivity index (χ3v) is 5.16. The summed E-state index contributed by atoms with van der Waals surface area (Å²) in [5.41, 5.74) is 1.59. The van der Waals surface area contributed by atoms with Crippen molar-refractivity contribution in [3.63, 3.8) is 0 Å². The molecule has 8 nitrogen and oxygen atoms in total. The van der Waals surface area contributed by atoms with Gasteiger partial charge in [0.25, 0.3) is 5.69 Å². The van der Waals surface area contributed by atoms with E-state index in [1.54, 1.807) is 36.4 Å². The maximum atomic E-state index is 12.9. The fraction of sp³-hybridized carbons (Fsp3) is 0.160. The molecule has 3 rings (SSSR count). The summed E-state index contributed by atoms with van der Waals surface area (Å²) in [5, 5.41) is 14.1. The van der Waals surface area contributed by atoms with Crippen LogP contribution < -0.4 is 10.1 Å². The molecule has 3 aromatic carbocycles. The molecule has 0 saturated heterocycles. The molecule has 0 aromatic heterocycles. The Morgan fingerprint density at radius 3 is 2.29 bits per heavy atom. The zero-order valence-electron chi connectivity index (χ0n) is 18.2. The third kappa shape index (κ3) is 6.98. The number of hydrogen-bond acceptors (Lipinski definition) is 6. The lowest BCUT2D eigenvalue weighted by molar-refractivity contribution is -0.384. The monoisotopic (exact) mass is 480 g/mol. The lowest BCUT2D eigenvalue weighted by atomic mass is 9.97. The van der Waals surface area contributed by atoms with E-state index in [1.165, 1.54) is 43.3 Å². The van der Waals surface area contributed by atoms with Gasteiger partial charge < -0.3 is 10.1 Å². The number of rotatable bonds is 9. The van der Waals surface area contributed by atoms with Gasteiger partial charge in [0.2, 0.25) is 5.91 Å². The molecule has 0 spiro atoms. The summed E-state index contributed by atoms with van der Waals surface area (Å²) in [6, 6.07) is 18.1. The number of ether oxygens (including phenoxy) is 1. The Bertz CT molecular complexity index is 1210. The highest BCUT2D eigenvalue weighted by Crippen LogP contribution is 2.24. The van der Waals surface area contributed by atoms with Crippen LogP contribution >= 0.6 is 11.6 Å². The summed E-state index contributed by atoms with van der Waals surface area (Å²) in [7, 11) is 0. The topological polar surface area (TPSA) is 116 Å². The molecule has 3 aromatic rings. The number of amides is 1. The van der Waals surface area contributed by atoms with Crippen molar-refractivity contribution in [2.45, 2.75) is 25.8 Å². The van der Waals surface area contributed by atoms with Gasteiger partial charge in [0.1, 0.15) is 5.75 Å². The zero-order valence-corrected chi connectivity index (χ0v) is 19.0. The molecule has 1 unspecified atom stereocenters. The van der Waals surface area contributed by atoms with Crippen LogP contribution in [-0.2, 0) is 16.0 Å². The first-order valence-electron chi connectivity index (χ1n) is 10.3. The van der Waals surface area contributed by atoms with Crippen LogP contribution in [0.1, 0.15) is 40.9 Å². The highest BCUT2D eigenvalue weighted by Gasteiger charge is 2.20. The number of Topliss-reactive ketones (excluding diaryl/α,β-unsaturated/α-hetero) is 1. The molecule has 34 heavy (non-hydrogen) atoms. The van der Waals surface area contributed by atoms with E-state index in [-0.39, 0.29) is 30.2 Å². The van der Waals surface area contributed by atoms with Crippen molar-refractivity contribution < 1.29 is 24.0 Å². The van der Waals surface area contributed by atoms with Crippen LogP contribution in [0.25, 0.3) is 0 Å². The van der Waals surface area contributed by atoms with E-state index in [4.69, 9.17) is 16.3 Å². The zero-order chi connectivity index (χ0) is 24.7. The van der Waals surface area contributed by atoms with Crippen LogP contribution in [0.15, 0.2) is 72.8 Å². The number of non-ortho nitro benzene ring substituents is 1. The van der Waals surface area contributed by atoms with Crippen LogP contribution in [0.5, 0.6) is 5.75 Å². The molecule has 0 aliphatic heterocycles. The van der Waals surface area contributed by atoms with Crippen LogP contribution in [0, 0.1) is 10.1 Å².